The molecule has 0 bridgehead atoms. The van der Waals surface area contributed by atoms with Crippen LogP contribution in [0.1, 0.15) is 12.0 Å². The molecular weight excluding hydrogens is 242 g/mol. The first-order chi connectivity index (χ1) is 8.84. The lowest BCUT2D eigenvalue weighted by atomic mass is 10.0. The largest absolute Gasteiger partial charge is 0.508 e. The molecule has 0 radical (unpaired) electrons. The number of thioether (sulfide) groups is 1. The summed E-state index contributed by atoms with van der Waals surface area (Å²) in [5.74, 6) is 2.83. The summed E-state index contributed by atoms with van der Waals surface area (Å²) in [6.45, 7) is 0.748. The predicted octanol–water partition coefficient (Wildman–Crippen LogP) is 3.14. The molecular formula is C15H17NOS. The van der Waals surface area contributed by atoms with Gasteiger partial charge in [0.2, 0.25) is 0 Å². The summed E-state index contributed by atoms with van der Waals surface area (Å²) in [5, 5.41) is 15.9. The lowest BCUT2D eigenvalue weighted by Crippen LogP contribution is -2.28. The standard InChI is InChI=1S/C15H17NOS/c17-15-6-5-11-3-1-2-4-13(11)14(15)9-16-12-7-8-18-10-12/h1-6,12,16-17H,7-10H2. The van der Waals surface area contributed by atoms with E-state index in [-0.39, 0.29) is 0 Å². The molecule has 1 heterocycles. The number of phenolic OH excluding ortho intramolecular Hbond substituents is 1. The van der Waals surface area contributed by atoms with E-state index in [0.717, 1.165) is 17.5 Å². The number of hydrogen-bond acceptors (Lipinski definition) is 3. The first kappa shape index (κ1) is 11.9. The van der Waals surface area contributed by atoms with Crippen molar-refractivity contribution in [3.63, 3.8) is 0 Å². The molecule has 0 spiro atoms. The molecule has 1 aliphatic rings. The van der Waals surface area contributed by atoms with Crippen LogP contribution >= 0.6 is 11.8 Å². The van der Waals surface area contributed by atoms with Gasteiger partial charge in [0.25, 0.3) is 0 Å². The minimum absolute atomic E-state index is 0.395. The Morgan fingerprint density at radius 1 is 1.22 bits per heavy atom. The average molecular weight is 259 g/mol. The SMILES string of the molecule is Oc1ccc2ccccc2c1CNC1CCSC1. The van der Waals surface area contributed by atoms with Gasteiger partial charge < -0.3 is 10.4 Å². The molecule has 1 fully saturated rings. The lowest BCUT2D eigenvalue weighted by molar-refractivity contribution is 0.461. The minimum Gasteiger partial charge on any atom is -0.508 e. The fourth-order valence-electron chi connectivity index (χ4n) is 2.45. The molecule has 1 atom stereocenters. The minimum atomic E-state index is 0.395. The van der Waals surface area contributed by atoms with Crippen LogP contribution in [0, 0.1) is 0 Å². The van der Waals surface area contributed by atoms with Crippen molar-refractivity contribution in [2.24, 2.45) is 0 Å². The molecule has 1 aliphatic heterocycles. The molecule has 0 amide bonds. The van der Waals surface area contributed by atoms with Gasteiger partial charge in [0.05, 0.1) is 0 Å². The van der Waals surface area contributed by atoms with Gasteiger partial charge in [-0.15, -0.1) is 0 Å². The quantitative estimate of drug-likeness (QED) is 0.888. The normalized spacial score (nSPS) is 19.4. The topological polar surface area (TPSA) is 32.3 Å². The van der Waals surface area contributed by atoms with Crippen molar-refractivity contribution in [2.75, 3.05) is 11.5 Å². The highest BCUT2D eigenvalue weighted by Crippen LogP contribution is 2.27. The maximum atomic E-state index is 10.0. The molecule has 0 aromatic heterocycles. The van der Waals surface area contributed by atoms with Crippen LogP contribution in [-0.2, 0) is 6.54 Å². The number of phenols is 1. The molecule has 2 nitrogen and oxygen atoms in total. The zero-order chi connectivity index (χ0) is 12.4. The van der Waals surface area contributed by atoms with Gasteiger partial charge >= 0.3 is 0 Å². The van der Waals surface area contributed by atoms with Crippen molar-refractivity contribution in [2.45, 2.75) is 19.0 Å². The highest BCUT2D eigenvalue weighted by molar-refractivity contribution is 7.99. The van der Waals surface area contributed by atoms with E-state index in [2.05, 4.69) is 17.4 Å². The number of benzene rings is 2. The van der Waals surface area contributed by atoms with Crippen molar-refractivity contribution in [3.8, 4) is 5.75 Å². The second-order valence-corrected chi connectivity index (χ2v) is 5.88. The third-order valence-electron chi connectivity index (χ3n) is 3.51. The van der Waals surface area contributed by atoms with Crippen LogP contribution in [-0.4, -0.2) is 22.7 Å². The third kappa shape index (κ3) is 2.33. The van der Waals surface area contributed by atoms with Crippen LogP contribution < -0.4 is 5.32 Å². The molecule has 3 heteroatoms. The van der Waals surface area contributed by atoms with Crippen LogP contribution in [0.25, 0.3) is 10.8 Å². The van der Waals surface area contributed by atoms with Crippen LogP contribution in [0.15, 0.2) is 36.4 Å². The zero-order valence-electron chi connectivity index (χ0n) is 10.2. The summed E-state index contributed by atoms with van der Waals surface area (Å²) < 4.78 is 0. The van der Waals surface area contributed by atoms with Crippen LogP contribution in [0.5, 0.6) is 5.75 Å². The molecule has 1 saturated heterocycles. The van der Waals surface area contributed by atoms with E-state index >= 15 is 0 Å². The van der Waals surface area contributed by atoms with E-state index in [0.29, 0.717) is 11.8 Å². The Bertz CT molecular complexity index is 549. The number of nitrogens with one attached hydrogen (secondary N) is 1. The number of rotatable bonds is 3. The van der Waals surface area contributed by atoms with E-state index in [1.807, 2.05) is 30.0 Å². The maximum absolute atomic E-state index is 10.0. The predicted molar refractivity (Wildman–Crippen MR) is 78.2 cm³/mol. The average Bonchev–Trinajstić information content (AvgIpc) is 2.91. The van der Waals surface area contributed by atoms with Crippen molar-refractivity contribution in [1.29, 1.82) is 0 Å². The van der Waals surface area contributed by atoms with Crippen molar-refractivity contribution in [1.82, 2.24) is 5.32 Å². The van der Waals surface area contributed by atoms with Gasteiger partial charge in [0, 0.05) is 23.9 Å². The Labute approximate surface area is 111 Å². The van der Waals surface area contributed by atoms with Gasteiger partial charge in [-0.1, -0.05) is 30.3 Å². The summed E-state index contributed by atoms with van der Waals surface area (Å²) in [6, 6.07) is 12.6. The second kappa shape index (κ2) is 5.21. The Hall–Kier alpha value is -1.19. The Morgan fingerprint density at radius 3 is 2.94 bits per heavy atom. The van der Waals surface area contributed by atoms with Crippen LogP contribution in [0.2, 0.25) is 0 Å². The fraction of sp³-hybridized carbons (Fsp3) is 0.333. The summed E-state index contributed by atoms with van der Waals surface area (Å²) in [5.41, 5.74) is 1.02. The Kier molecular flexibility index (Phi) is 3.43. The van der Waals surface area contributed by atoms with Crippen LogP contribution in [0.3, 0.4) is 0 Å². The molecule has 0 saturated carbocycles. The molecule has 2 aromatic carbocycles. The summed E-state index contributed by atoms with van der Waals surface area (Å²) >= 11 is 2.00. The first-order valence-electron chi connectivity index (χ1n) is 6.35. The van der Waals surface area contributed by atoms with Crippen LogP contribution in [0.4, 0.5) is 0 Å². The summed E-state index contributed by atoms with van der Waals surface area (Å²) in [4.78, 5) is 0. The fourth-order valence-corrected chi connectivity index (χ4v) is 3.64. The van der Waals surface area contributed by atoms with Gasteiger partial charge in [0.15, 0.2) is 0 Å². The van der Waals surface area contributed by atoms with E-state index in [4.69, 9.17) is 0 Å². The zero-order valence-corrected chi connectivity index (χ0v) is 11.0. The third-order valence-corrected chi connectivity index (χ3v) is 4.68. The maximum Gasteiger partial charge on any atom is 0.120 e. The van der Waals surface area contributed by atoms with Crippen molar-refractivity contribution < 1.29 is 5.11 Å². The highest BCUT2D eigenvalue weighted by Gasteiger charge is 2.15. The first-order valence-corrected chi connectivity index (χ1v) is 7.51. The molecule has 1 unspecified atom stereocenters. The van der Waals surface area contributed by atoms with Gasteiger partial charge in [0.1, 0.15) is 5.75 Å². The van der Waals surface area contributed by atoms with Gasteiger partial charge in [-0.3, -0.25) is 0 Å². The Balaban J connectivity index is 1.87. The molecule has 94 valence electrons. The monoisotopic (exact) mass is 259 g/mol. The summed E-state index contributed by atoms with van der Waals surface area (Å²) in [6.07, 6.45) is 1.23. The van der Waals surface area contributed by atoms with E-state index < -0.39 is 0 Å². The van der Waals surface area contributed by atoms with Crippen molar-refractivity contribution in [3.05, 3.63) is 42.0 Å². The van der Waals surface area contributed by atoms with Gasteiger partial charge in [-0.2, -0.15) is 11.8 Å². The van der Waals surface area contributed by atoms with Gasteiger partial charge in [-0.25, -0.2) is 0 Å². The lowest BCUT2D eigenvalue weighted by Gasteiger charge is -2.14. The Morgan fingerprint density at radius 2 is 2.11 bits per heavy atom. The molecule has 3 rings (SSSR count). The molecule has 2 aromatic rings. The van der Waals surface area contributed by atoms with Gasteiger partial charge in [-0.05, 0) is 29.0 Å². The summed E-state index contributed by atoms with van der Waals surface area (Å²) in [7, 11) is 0. The van der Waals surface area contributed by atoms with Crippen molar-refractivity contribution >= 4 is 22.5 Å². The second-order valence-electron chi connectivity index (χ2n) is 4.73. The smallest absolute Gasteiger partial charge is 0.120 e. The molecule has 18 heavy (non-hydrogen) atoms. The number of fused-ring (bicyclic) bond motifs is 1. The van der Waals surface area contributed by atoms with E-state index in [1.54, 1.807) is 6.07 Å². The molecule has 0 aliphatic carbocycles. The molecule has 2 N–H and O–H groups in total. The number of aromatic hydroxyl groups is 1. The number of hydrogen-bond donors (Lipinski definition) is 2. The highest BCUT2D eigenvalue weighted by atomic mass is 32.2. The van der Waals surface area contributed by atoms with E-state index in [9.17, 15) is 5.11 Å². The van der Waals surface area contributed by atoms with E-state index in [1.165, 1.54) is 23.3 Å².